The highest BCUT2D eigenvalue weighted by atomic mass is 16.5. The van der Waals surface area contributed by atoms with Gasteiger partial charge in [-0.15, -0.1) is 0 Å². The SMILES string of the molecule is COc1cc(NC(=O)N2C[C@H]3CCCC[C@H]3C2)ncn1. The number of hydrogen-bond acceptors (Lipinski definition) is 4. The number of hydrogen-bond donors (Lipinski definition) is 1. The molecule has 1 aliphatic carbocycles. The number of likely N-dealkylation sites (tertiary alicyclic amines) is 1. The predicted octanol–water partition coefficient (Wildman–Crippen LogP) is 2.14. The van der Waals surface area contributed by atoms with E-state index in [0.29, 0.717) is 23.5 Å². The molecule has 108 valence electrons. The van der Waals surface area contributed by atoms with E-state index >= 15 is 0 Å². The largest absolute Gasteiger partial charge is 0.481 e. The molecule has 1 N–H and O–H groups in total. The quantitative estimate of drug-likeness (QED) is 0.898. The van der Waals surface area contributed by atoms with Gasteiger partial charge in [-0.1, -0.05) is 12.8 Å². The van der Waals surface area contributed by atoms with E-state index in [1.54, 1.807) is 13.2 Å². The first-order valence-corrected chi connectivity index (χ1v) is 7.18. The van der Waals surface area contributed by atoms with E-state index in [-0.39, 0.29) is 6.03 Å². The van der Waals surface area contributed by atoms with E-state index in [0.717, 1.165) is 13.1 Å². The third-order valence-electron chi connectivity index (χ3n) is 4.35. The van der Waals surface area contributed by atoms with Crippen LogP contribution in [0.5, 0.6) is 5.88 Å². The zero-order chi connectivity index (χ0) is 13.9. The minimum atomic E-state index is -0.0693. The van der Waals surface area contributed by atoms with Crippen molar-refractivity contribution in [3.63, 3.8) is 0 Å². The Hall–Kier alpha value is -1.85. The summed E-state index contributed by atoms with van der Waals surface area (Å²) in [5.74, 6) is 2.31. The summed E-state index contributed by atoms with van der Waals surface area (Å²) in [6.45, 7) is 1.75. The van der Waals surface area contributed by atoms with Crippen LogP contribution in [0.25, 0.3) is 0 Å². The van der Waals surface area contributed by atoms with Gasteiger partial charge in [0.05, 0.1) is 7.11 Å². The molecule has 1 aromatic heterocycles. The number of methoxy groups -OCH3 is 1. The Balaban J connectivity index is 1.61. The molecule has 2 heterocycles. The predicted molar refractivity (Wildman–Crippen MR) is 74.6 cm³/mol. The van der Waals surface area contributed by atoms with E-state index in [9.17, 15) is 4.79 Å². The van der Waals surface area contributed by atoms with Crippen LogP contribution in [0.4, 0.5) is 10.6 Å². The average molecular weight is 276 g/mol. The number of aromatic nitrogens is 2. The Labute approximate surface area is 118 Å². The van der Waals surface area contributed by atoms with Crippen LogP contribution in [0.2, 0.25) is 0 Å². The van der Waals surface area contributed by atoms with Crippen molar-refractivity contribution in [2.75, 3.05) is 25.5 Å². The summed E-state index contributed by atoms with van der Waals surface area (Å²) < 4.78 is 5.02. The van der Waals surface area contributed by atoms with Crippen molar-refractivity contribution < 1.29 is 9.53 Å². The second-order valence-electron chi connectivity index (χ2n) is 5.59. The van der Waals surface area contributed by atoms with E-state index in [4.69, 9.17) is 4.74 Å². The van der Waals surface area contributed by atoms with Gasteiger partial charge in [-0.3, -0.25) is 5.32 Å². The van der Waals surface area contributed by atoms with Gasteiger partial charge in [0.25, 0.3) is 0 Å². The Bertz CT molecular complexity index is 480. The molecule has 0 aromatic carbocycles. The first kappa shape index (κ1) is 13.1. The number of amides is 2. The lowest BCUT2D eigenvalue weighted by atomic mass is 9.82. The molecular weight excluding hydrogens is 256 g/mol. The topological polar surface area (TPSA) is 67.3 Å². The van der Waals surface area contributed by atoms with Crippen molar-refractivity contribution in [1.29, 1.82) is 0 Å². The second kappa shape index (κ2) is 5.64. The molecule has 1 aliphatic heterocycles. The summed E-state index contributed by atoms with van der Waals surface area (Å²) in [4.78, 5) is 22.1. The van der Waals surface area contributed by atoms with Gasteiger partial charge in [0.15, 0.2) is 0 Å². The number of urea groups is 1. The Morgan fingerprint density at radius 3 is 2.65 bits per heavy atom. The zero-order valence-electron chi connectivity index (χ0n) is 11.7. The molecule has 2 aliphatic rings. The van der Waals surface area contributed by atoms with Gasteiger partial charge in [0.1, 0.15) is 12.1 Å². The first-order valence-electron chi connectivity index (χ1n) is 7.18. The lowest BCUT2D eigenvalue weighted by molar-refractivity contribution is 0.220. The maximum Gasteiger partial charge on any atom is 0.323 e. The molecule has 3 rings (SSSR count). The molecule has 2 fully saturated rings. The molecule has 1 saturated carbocycles. The van der Waals surface area contributed by atoms with Crippen molar-refractivity contribution in [1.82, 2.24) is 14.9 Å². The number of carbonyl (C=O) groups is 1. The van der Waals surface area contributed by atoms with Crippen LogP contribution in [0.3, 0.4) is 0 Å². The maximum absolute atomic E-state index is 12.3. The highest BCUT2D eigenvalue weighted by Gasteiger charge is 2.36. The van der Waals surface area contributed by atoms with Crippen LogP contribution in [-0.2, 0) is 0 Å². The molecule has 2 amide bonds. The monoisotopic (exact) mass is 276 g/mol. The maximum atomic E-state index is 12.3. The molecule has 6 nitrogen and oxygen atoms in total. The zero-order valence-corrected chi connectivity index (χ0v) is 11.7. The van der Waals surface area contributed by atoms with Crippen LogP contribution in [0.1, 0.15) is 25.7 Å². The smallest absolute Gasteiger partial charge is 0.323 e. The number of anilines is 1. The Morgan fingerprint density at radius 1 is 1.30 bits per heavy atom. The minimum absolute atomic E-state index is 0.0693. The highest BCUT2D eigenvalue weighted by molar-refractivity contribution is 5.88. The van der Waals surface area contributed by atoms with Crippen molar-refractivity contribution in [3.05, 3.63) is 12.4 Å². The third-order valence-corrected chi connectivity index (χ3v) is 4.35. The number of rotatable bonds is 2. The summed E-state index contributed by atoms with van der Waals surface area (Å²) in [6.07, 6.45) is 6.52. The molecule has 20 heavy (non-hydrogen) atoms. The highest BCUT2D eigenvalue weighted by Crippen LogP contribution is 2.36. The van der Waals surface area contributed by atoms with Crippen molar-refractivity contribution >= 4 is 11.8 Å². The van der Waals surface area contributed by atoms with E-state index < -0.39 is 0 Å². The molecule has 2 atom stereocenters. The van der Waals surface area contributed by atoms with Gasteiger partial charge in [0.2, 0.25) is 5.88 Å². The van der Waals surface area contributed by atoms with Crippen molar-refractivity contribution in [2.45, 2.75) is 25.7 Å². The molecule has 1 saturated heterocycles. The summed E-state index contributed by atoms with van der Waals surface area (Å²) >= 11 is 0. The summed E-state index contributed by atoms with van der Waals surface area (Å²) in [5, 5.41) is 2.82. The number of carbonyl (C=O) groups excluding carboxylic acids is 1. The van der Waals surface area contributed by atoms with Crippen LogP contribution < -0.4 is 10.1 Å². The Morgan fingerprint density at radius 2 is 2.00 bits per heavy atom. The molecular formula is C14H20N4O2. The number of nitrogens with zero attached hydrogens (tertiary/aromatic N) is 3. The van der Waals surface area contributed by atoms with E-state index in [2.05, 4.69) is 15.3 Å². The molecule has 6 heteroatoms. The summed E-state index contributed by atoms with van der Waals surface area (Å²) in [6, 6.07) is 1.56. The average Bonchev–Trinajstić information content (AvgIpc) is 2.91. The molecule has 0 spiro atoms. The van der Waals surface area contributed by atoms with Crippen molar-refractivity contribution in [3.8, 4) is 5.88 Å². The van der Waals surface area contributed by atoms with Gasteiger partial charge in [0, 0.05) is 19.2 Å². The fraction of sp³-hybridized carbons (Fsp3) is 0.643. The number of ether oxygens (including phenoxy) is 1. The molecule has 0 unspecified atom stereocenters. The van der Waals surface area contributed by atoms with Crippen molar-refractivity contribution in [2.24, 2.45) is 11.8 Å². The van der Waals surface area contributed by atoms with Gasteiger partial charge in [-0.25, -0.2) is 14.8 Å². The van der Waals surface area contributed by atoms with Crippen LogP contribution in [-0.4, -0.2) is 41.1 Å². The molecule has 0 radical (unpaired) electrons. The van der Waals surface area contributed by atoms with Gasteiger partial charge >= 0.3 is 6.03 Å². The third kappa shape index (κ3) is 2.69. The fourth-order valence-electron chi connectivity index (χ4n) is 3.28. The fourth-order valence-corrected chi connectivity index (χ4v) is 3.28. The normalized spacial score (nSPS) is 25.1. The summed E-state index contributed by atoms with van der Waals surface area (Å²) in [5.41, 5.74) is 0. The van der Waals surface area contributed by atoms with Gasteiger partial charge in [-0.05, 0) is 24.7 Å². The van der Waals surface area contributed by atoms with Crippen LogP contribution in [0, 0.1) is 11.8 Å². The van der Waals surface area contributed by atoms with Gasteiger partial charge in [-0.2, -0.15) is 0 Å². The Kier molecular flexibility index (Phi) is 3.71. The minimum Gasteiger partial charge on any atom is -0.481 e. The second-order valence-corrected chi connectivity index (χ2v) is 5.59. The standard InChI is InChI=1S/C14H20N4O2/c1-20-13-6-12(15-9-16-13)17-14(19)18-7-10-4-2-3-5-11(10)8-18/h6,9-11H,2-5,7-8H2,1H3,(H,15,16,17,19)/t10-,11+. The van der Waals surface area contributed by atoms with Crippen LogP contribution >= 0.6 is 0 Å². The lowest BCUT2D eigenvalue weighted by Gasteiger charge is -2.22. The first-order chi connectivity index (χ1) is 9.76. The lowest BCUT2D eigenvalue weighted by Crippen LogP contribution is -2.33. The molecule has 0 bridgehead atoms. The van der Waals surface area contributed by atoms with Gasteiger partial charge < -0.3 is 9.64 Å². The number of nitrogens with one attached hydrogen (secondary N) is 1. The summed E-state index contributed by atoms with van der Waals surface area (Å²) in [7, 11) is 1.54. The number of fused-ring (bicyclic) bond motifs is 1. The van der Waals surface area contributed by atoms with Crippen LogP contribution in [0.15, 0.2) is 12.4 Å². The van der Waals surface area contributed by atoms with E-state index in [1.807, 2.05) is 4.90 Å². The molecule has 1 aromatic rings. The van der Waals surface area contributed by atoms with E-state index in [1.165, 1.54) is 32.0 Å².